The molecule has 30 heavy (non-hydrogen) atoms. The molecule has 0 saturated carbocycles. The molecule has 162 valence electrons. The van der Waals surface area contributed by atoms with E-state index in [0.717, 1.165) is 67.9 Å². The molecule has 2 aromatic rings. The fraction of sp³-hybridized carbons (Fsp3) is 0.619. The van der Waals surface area contributed by atoms with E-state index in [2.05, 4.69) is 38.9 Å². The molecule has 4 heterocycles. The van der Waals surface area contributed by atoms with Gasteiger partial charge in [0.15, 0.2) is 0 Å². The normalized spacial score (nSPS) is 19.3. The number of rotatable bonds is 5. The lowest BCUT2D eigenvalue weighted by atomic mass is 9.94. The summed E-state index contributed by atoms with van der Waals surface area (Å²) in [5.41, 5.74) is 6.53. The largest absolute Gasteiger partial charge is 0.369 e. The second-order valence-electron chi connectivity index (χ2n) is 8.45. The van der Waals surface area contributed by atoms with Gasteiger partial charge < -0.3 is 16.0 Å². The monoisotopic (exact) mass is 430 g/mol. The zero-order valence-corrected chi connectivity index (χ0v) is 18.5. The average molecular weight is 431 g/mol. The van der Waals surface area contributed by atoms with E-state index in [9.17, 15) is 9.59 Å². The summed E-state index contributed by atoms with van der Waals surface area (Å²) in [7, 11) is 0. The Morgan fingerprint density at radius 1 is 1.13 bits per heavy atom. The first-order chi connectivity index (χ1) is 14.4. The Kier molecular flexibility index (Phi) is 6.19. The SMILES string of the molecule is Cc1sc2ncnc(N3CCC(C(=O)NC4CCN(CC(N)=O)CC4)CC3)c2c1C. The van der Waals surface area contributed by atoms with Gasteiger partial charge in [-0.1, -0.05) is 0 Å². The lowest BCUT2D eigenvalue weighted by Crippen LogP contribution is -2.49. The summed E-state index contributed by atoms with van der Waals surface area (Å²) >= 11 is 1.71. The Hall–Kier alpha value is -2.26. The van der Waals surface area contributed by atoms with Crippen LogP contribution in [0.3, 0.4) is 0 Å². The second-order valence-corrected chi connectivity index (χ2v) is 9.65. The number of primary amides is 1. The van der Waals surface area contributed by atoms with Crippen molar-refractivity contribution in [3.8, 4) is 0 Å². The third-order valence-electron chi connectivity index (χ3n) is 6.42. The summed E-state index contributed by atoms with van der Waals surface area (Å²) in [4.78, 5) is 39.5. The Morgan fingerprint density at radius 2 is 1.83 bits per heavy atom. The number of aromatic nitrogens is 2. The number of hydrogen-bond acceptors (Lipinski definition) is 7. The zero-order valence-electron chi connectivity index (χ0n) is 17.7. The minimum atomic E-state index is -0.294. The number of amides is 2. The predicted octanol–water partition coefficient (Wildman–Crippen LogP) is 1.59. The molecule has 0 atom stereocenters. The first-order valence-electron chi connectivity index (χ1n) is 10.7. The van der Waals surface area contributed by atoms with Gasteiger partial charge in [-0.15, -0.1) is 11.3 Å². The van der Waals surface area contributed by atoms with Crippen molar-refractivity contribution in [2.75, 3.05) is 37.6 Å². The van der Waals surface area contributed by atoms with Crippen LogP contribution >= 0.6 is 11.3 Å². The first kappa shape index (κ1) is 21.0. The number of nitrogens with zero attached hydrogens (tertiary/aromatic N) is 4. The van der Waals surface area contributed by atoms with E-state index in [1.165, 1.54) is 10.4 Å². The van der Waals surface area contributed by atoms with Crippen molar-refractivity contribution in [1.82, 2.24) is 20.2 Å². The van der Waals surface area contributed by atoms with E-state index in [1.54, 1.807) is 17.7 Å². The minimum Gasteiger partial charge on any atom is -0.369 e. The van der Waals surface area contributed by atoms with Gasteiger partial charge in [0.2, 0.25) is 11.8 Å². The first-order valence-corrected chi connectivity index (χ1v) is 11.5. The van der Waals surface area contributed by atoms with Crippen LogP contribution in [0.1, 0.15) is 36.1 Å². The molecule has 0 aliphatic carbocycles. The quantitative estimate of drug-likeness (QED) is 0.746. The van der Waals surface area contributed by atoms with Crippen molar-refractivity contribution < 1.29 is 9.59 Å². The number of carbonyl (C=O) groups is 2. The molecule has 2 aromatic heterocycles. The van der Waals surface area contributed by atoms with Crippen LogP contribution in [0.2, 0.25) is 0 Å². The maximum atomic E-state index is 12.8. The molecular formula is C21H30N6O2S. The molecule has 2 aliphatic heterocycles. The summed E-state index contributed by atoms with van der Waals surface area (Å²) in [6, 6.07) is 0.192. The highest BCUT2D eigenvalue weighted by Crippen LogP contribution is 2.35. The molecular weight excluding hydrogens is 400 g/mol. The Labute approximate surface area is 180 Å². The van der Waals surface area contributed by atoms with Gasteiger partial charge in [-0.05, 0) is 45.1 Å². The molecule has 0 bridgehead atoms. The number of aryl methyl sites for hydroxylation is 2. The van der Waals surface area contributed by atoms with Crippen molar-refractivity contribution >= 4 is 39.2 Å². The van der Waals surface area contributed by atoms with E-state index in [0.29, 0.717) is 6.54 Å². The van der Waals surface area contributed by atoms with Crippen LogP contribution in [0, 0.1) is 19.8 Å². The summed E-state index contributed by atoms with van der Waals surface area (Å²) in [6.07, 6.45) is 5.05. The van der Waals surface area contributed by atoms with Gasteiger partial charge >= 0.3 is 0 Å². The summed E-state index contributed by atoms with van der Waals surface area (Å²) in [6.45, 7) is 7.82. The maximum Gasteiger partial charge on any atom is 0.231 e. The van der Waals surface area contributed by atoms with Crippen LogP contribution in [-0.4, -0.2) is 65.4 Å². The second kappa shape index (κ2) is 8.85. The zero-order chi connectivity index (χ0) is 21.3. The van der Waals surface area contributed by atoms with Gasteiger partial charge in [-0.25, -0.2) is 9.97 Å². The lowest BCUT2D eigenvalue weighted by molar-refractivity contribution is -0.127. The number of hydrogen-bond donors (Lipinski definition) is 2. The molecule has 2 fully saturated rings. The van der Waals surface area contributed by atoms with Gasteiger partial charge in [0.1, 0.15) is 17.0 Å². The molecule has 2 aliphatic rings. The summed E-state index contributed by atoms with van der Waals surface area (Å²) < 4.78 is 0. The van der Waals surface area contributed by atoms with Crippen LogP contribution in [0.5, 0.6) is 0 Å². The van der Waals surface area contributed by atoms with Crippen LogP contribution in [0.4, 0.5) is 5.82 Å². The van der Waals surface area contributed by atoms with E-state index < -0.39 is 0 Å². The summed E-state index contributed by atoms with van der Waals surface area (Å²) in [5, 5.41) is 4.39. The van der Waals surface area contributed by atoms with E-state index in [-0.39, 0.29) is 23.8 Å². The van der Waals surface area contributed by atoms with Gasteiger partial charge in [0.25, 0.3) is 0 Å². The number of likely N-dealkylation sites (tertiary alicyclic amines) is 1. The molecule has 0 radical (unpaired) electrons. The fourth-order valence-electron chi connectivity index (χ4n) is 4.53. The fourth-order valence-corrected chi connectivity index (χ4v) is 5.52. The topological polar surface area (TPSA) is 104 Å². The summed E-state index contributed by atoms with van der Waals surface area (Å²) in [5.74, 6) is 0.923. The molecule has 8 nitrogen and oxygen atoms in total. The molecule has 0 unspecified atom stereocenters. The van der Waals surface area contributed by atoms with Crippen molar-refractivity contribution in [1.29, 1.82) is 0 Å². The maximum absolute atomic E-state index is 12.8. The highest BCUT2D eigenvalue weighted by molar-refractivity contribution is 7.18. The standard InChI is InChI=1S/C21H30N6O2S/c1-13-14(2)30-21-18(13)19(23-12-24-21)27-9-3-15(4-10-27)20(29)25-16-5-7-26(8-6-16)11-17(22)28/h12,15-16H,3-11H2,1-2H3,(H2,22,28)(H,25,29). The number of anilines is 1. The number of piperidine rings is 2. The van der Waals surface area contributed by atoms with Crippen LogP contribution in [-0.2, 0) is 9.59 Å². The molecule has 4 rings (SSSR count). The van der Waals surface area contributed by atoms with Gasteiger partial charge in [0.05, 0.1) is 11.9 Å². The number of fused-ring (bicyclic) bond motifs is 1. The lowest BCUT2D eigenvalue weighted by Gasteiger charge is -2.35. The Morgan fingerprint density at radius 3 is 2.50 bits per heavy atom. The number of thiophene rings is 1. The van der Waals surface area contributed by atoms with Crippen molar-refractivity contribution in [2.45, 2.75) is 45.6 Å². The minimum absolute atomic E-state index is 0.0486. The van der Waals surface area contributed by atoms with Gasteiger partial charge in [-0.3, -0.25) is 14.5 Å². The molecule has 9 heteroatoms. The van der Waals surface area contributed by atoms with E-state index >= 15 is 0 Å². The predicted molar refractivity (Wildman–Crippen MR) is 119 cm³/mol. The van der Waals surface area contributed by atoms with Crippen LogP contribution < -0.4 is 16.0 Å². The number of nitrogens with two attached hydrogens (primary N) is 1. The van der Waals surface area contributed by atoms with E-state index in [4.69, 9.17) is 5.73 Å². The van der Waals surface area contributed by atoms with Crippen molar-refractivity contribution in [3.05, 3.63) is 16.8 Å². The highest BCUT2D eigenvalue weighted by Gasteiger charge is 2.29. The van der Waals surface area contributed by atoms with Crippen LogP contribution in [0.15, 0.2) is 6.33 Å². The molecule has 0 spiro atoms. The molecule has 2 amide bonds. The third kappa shape index (κ3) is 4.41. The smallest absolute Gasteiger partial charge is 0.231 e. The Bertz CT molecular complexity index is 929. The van der Waals surface area contributed by atoms with E-state index in [1.807, 2.05) is 0 Å². The van der Waals surface area contributed by atoms with Crippen molar-refractivity contribution in [3.63, 3.8) is 0 Å². The van der Waals surface area contributed by atoms with Crippen molar-refractivity contribution in [2.24, 2.45) is 11.7 Å². The van der Waals surface area contributed by atoms with Gasteiger partial charge in [-0.2, -0.15) is 0 Å². The molecule has 2 saturated heterocycles. The van der Waals surface area contributed by atoms with Crippen LogP contribution in [0.25, 0.3) is 10.2 Å². The Balaban J connectivity index is 1.31. The average Bonchev–Trinajstić information content (AvgIpc) is 3.03. The molecule has 0 aromatic carbocycles. The number of carbonyl (C=O) groups excluding carboxylic acids is 2. The number of nitrogens with one attached hydrogen (secondary N) is 1. The third-order valence-corrected chi connectivity index (χ3v) is 7.54. The molecule has 3 N–H and O–H groups in total. The van der Waals surface area contributed by atoms with Gasteiger partial charge in [0, 0.05) is 43.0 Å². The highest BCUT2D eigenvalue weighted by atomic mass is 32.1.